The van der Waals surface area contributed by atoms with Gasteiger partial charge in [-0.25, -0.2) is 9.78 Å². The van der Waals surface area contributed by atoms with Crippen LogP contribution in [-0.2, 0) is 16.1 Å². The number of halogens is 1. The van der Waals surface area contributed by atoms with Gasteiger partial charge in [-0.1, -0.05) is 47.5 Å². The van der Waals surface area contributed by atoms with E-state index in [0.717, 1.165) is 16.4 Å². The van der Waals surface area contributed by atoms with Crippen LogP contribution in [0, 0.1) is 6.92 Å². The minimum Gasteiger partial charge on any atom is -0.456 e. The first kappa shape index (κ1) is 18.2. The molecule has 2 aromatic carbocycles. The van der Waals surface area contributed by atoms with Crippen molar-refractivity contribution in [3.05, 3.63) is 81.8 Å². The molecule has 0 saturated heterocycles. The van der Waals surface area contributed by atoms with Crippen LogP contribution in [0.5, 0.6) is 0 Å². The molecule has 0 radical (unpaired) electrons. The average Bonchev–Trinajstić information content (AvgIpc) is 3.09. The number of carbonyl (C=O) groups excluding carboxylic acids is 1. The minimum atomic E-state index is -0.439. The number of anilines is 2. The molecule has 0 aliphatic carbocycles. The van der Waals surface area contributed by atoms with Gasteiger partial charge in [0.25, 0.3) is 0 Å². The first-order valence-electron chi connectivity index (χ1n) is 7.97. The first-order chi connectivity index (χ1) is 12.6. The molecule has 0 spiro atoms. The second kappa shape index (κ2) is 8.65. The number of aryl methyl sites for hydroxylation is 1. The molecule has 6 heteroatoms. The Morgan fingerprint density at radius 1 is 1.23 bits per heavy atom. The number of nitrogens with zero attached hydrogens (tertiary/aromatic N) is 1. The van der Waals surface area contributed by atoms with E-state index in [1.165, 1.54) is 23.0 Å². The van der Waals surface area contributed by atoms with Crippen molar-refractivity contribution in [3.8, 4) is 0 Å². The van der Waals surface area contributed by atoms with E-state index >= 15 is 0 Å². The molecular weight excluding hydrogens is 368 g/mol. The quantitative estimate of drug-likeness (QED) is 0.443. The number of ether oxygens (including phenoxy) is 1. The van der Waals surface area contributed by atoms with Crippen LogP contribution >= 0.6 is 22.9 Å². The maximum absolute atomic E-state index is 11.8. The van der Waals surface area contributed by atoms with Crippen molar-refractivity contribution in [1.82, 2.24) is 4.98 Å². The predicted octanol–water partition coefficient (Wildman–Crippen LogP) is 5.61. The molecule has 0 unspecified atom stereocenters. The lowest BCUT2D eigenvalue weighted by Gasteiger charge is -2.02. The van der Waals surface area contributed by atoms with Gasteiger partial charge in [-0.2, -0.15) is 0 Å². The zero-order chi connectivity index (χ0) is 18.4. The van der Waals surface area contributed by atoms with Crippen molar-refractivity contribution < 1.29 is 9.53 Å². The van der Waals surface area contributed by atoms with E-state index in [1.54, 1.807) is 12.1 Å². The predicted molar refractivity (Wildman–Crippen MR) is 107 cm³/mol. The van der Waals surface area contributed by atoms with Crippen LogP contribution in [0.4, 0.5) is 10.8 Å². The smallest absolute Gasteiger partial charge is 0.331 e. The van der Waals surface area contributed by atoms with E-state index < -0.39 is 5.97 Å². The zero-order valence-corrected chi connectivity index (χ0v) is 15.7. The fourth-order valence-electron chi connectivity index (χ4n) is 2.15. The highest BCUT2D eigenvalue weighted by molar-refractivity contribution is 7.13. The molecule has 1 aromatic heterocycles. The van der Waals surface area contributed by atoms with Crippen LogP contribution in [0.1, 0.15) is 16.8 Å². The number of hydrogen-bond donors (Lipinski definition) is 1. The Bertz CT molecular complexity index is 920. The van der Waals surface area contributed by atoms with E-state index in [0.29, 0.717) is 10.7 Å². The second-order valence-electron chi connectivity index (χ2n) is 5.60. The Balaban J connectivity index is 1.52. The summed E-state index contributed by atoms with van der Waals surface area (Å²) in [4.78, 5) is 16.3. The number of carbonyl (C=O) groups is 1. The normalized spacial score (nSPS) is 10.8. The summed E-state index contributed by atoms with van der Waals surface area (Å²) in [5.41, 5.74) is 3.64. The van der Waals surface area contributed by atoms with Crippen molar-refractivity contribution >= 4 is 45.8 Å². The van der Waals surface area contributed by atoms with Crippen molar-refractivity contribution in [2.24, 2.45) is 0 Å². The molecule has 0 atom stereocenters. The van der Waals surface area contributed by atoms with E-state index in [1.807, 2.05) is 54.8 Å². The average molecular weight is 385 g/mol. The van der Waals surface area contributed by atoms with Crippen LogP contribution in [0.3, 0.4) is 0 Å². The van der Waals surface area contributed by atoms with Gasteiger partial charge < -0.3 is 10.1 Å². The zero-order valence-electron chi connectivity index (χ0n) is 14.1. The standard InChI is InChI=1S/C20H17ClN2O2S/c1-14-6-9-16(10-7-14)22-20-23-17(13-26-20)12-25-19(24)11-8-15-4-2-3-5-18(15)21/h2-11,13H,12H2,1H3,(H,22,23)/b11-8+. The fraction of sp³-hybridized carbons (Fsp3) is 0.100. The number of hydrogen-bond acceptors (Lipinski definition) is 5. The van der Waals surface area contributed by atoms with Crippen LogP contribution in [0.25, 0.3) is 6.08 Å². The Kier molecular flexibility index (Phi) is 6.04. The van der Waals surface area contributed by atoms with E-state index in [-0.39, 0.29) is 6.61 Å². The van der Waals surface area contributed by atoms with E-state index in [4.69, 9.17) is 16.3 Å². The summed E-state index contributed by atoms with van der Waals surface area (Å²) in [5, 5.41) is 6.44. The van der Waals surface area contributed by atoms with Gasteiger partial charge in [0, 0.05) is 22.2 Å². The number of rotatable bonds is 6. The summed E-state index contributed by atoms with van der Waals surface area (Å²) in [6, 6.07) is 15.3. The SMILES string of the molecule is Cc1ccc(Nc2nc(COC(=O)/C=C/c3ccccc3Cl)cs2)cc1. The maximum Gasteiger partial charge on any atom is 0.331 e. The molecule has 0 bridgehead atoms. The fourth-order valence-corrected chi connectivity index (χ4v) is 3.07. The monoisotopic (exact) mass is 384 g/mol. The van der Waals surface area contributed by atoms with Gasteiger partial charge in [-0.15, -0.1) is 11.3 Å². The van der Waals surface area contributed by atoms with Crippen molar-refractivity contribution in [2.75, 3.05) is 5.32 Å². The number of aromatic nitrogens is 1. The molecule has 0 fully saturated rings. The summed E-state index contributed by atoms with van der Waals surface area (Å²) in [6.45, 7) is 2.16. The molecule has 3 aromatic rings. The molecule has 3 rings (SSSR count). The van der Waals surface area contributed by atoms with Gasteiger partial charge in [0.2, 0.25) is 0 Å². The maximum atomic E-state index is 11.8. The molecule has 0 aliphatic rings. The van der Waals surface area contributed by atoms with Gasteiger partial charge in [-0.05, 0) is 36.8 Å². The van der Waals surface area contributed by atoms with Gasteiger partial charge in [0.1, 0.15) is 6.61 Å². The van der Waals surface area contributed by atoms with Crippen LogP contribution in [0.2, 0.25) is 5.02 Å². The lowest BCUT2D eigenvalue weighted by Crippen LogP contribution is -2.01. The van der Waals surface area contributed by atoms with Gasteiger partial charge in [0.05, 0.1) is 5.69 Å². The molecule has 1 N–H and O–H groups in total. The van der Waals surface area contributed by atoms with Crippen molar-refractivity contribution in [3.63, 3.8) is 0 Å². The molecule has 132 valence electrons. The van der Waals surface area contributed by atoms with E-state index in [9.17, 15) is 4.79 Å². The molecule has 1 heterocycles. The van der Waals surface area contributed by atoms with Crippen molar-refractivity contribution in [1.29, 1.82) is 0 Å². The summed E-state index contributed by atoms with van der Waals surface area (Å²) >= 11 is 7.50. The van der Waals surface area contributed by atoms with Crippen LogP contribution in [-0.4, -0.2) is 11.0 Å². The van der Waals surface area contributed by atoms with Gasteiger partial charge in [0.15, 0.2) is 5.13 Å². The summed E-state index contributed by atoms with van der Waals surface area (Å²) < 4.78 is 5.22. The molecule has 0 amide bonds. The van der Waals surface area contributed by atoms with E-state index in [2.05, 4.69) is 10.3 Å². The molecule has 0 saturated carbocycles. The highest BCUT2D eigenvalue weighted by Gasteiger charge is 2.05. The Morgan fingerprint density at radius 3 is 2.77 bits per heavy atom. The van der Waals surface area contributed by atoms with Crippen LogP contribution in [0.15, 0.2) is 60.0 Å². The highest BCUT2D eigenvalue weighted by atomic mass is 35.5. The Morgan fingerprint density at radius 2 is 2.00 bits per heavy atom. The Labute approximate surface area is 161 Å². The summed E-state index contributed by atoms with van der Waals surface area (Å²) in [6.07, 6.45) is 3.00. The lowest BCUT2D eigenvalue weighted by molar-refractivity contribution is -0.139. The number of esters is 1. The second-order valence-corrected chi connectivity index (χ2v) is 6.86. The van der Waals surface area contributed by atoms with Crippen molar-refractivity contribution in [2.45, 2.75) is 13.5 Å². The third-order valence-electron chi connectivity index (χ3n) is 3.52. The molecule has 4 nitrogen and oxygen atoms in total. The van der Waals surface area contributed by atoms with Gasteiger partial charge >= 0.3 is 5.97 Å². The lowest BCUT2D eigenvalue weighted by atomic mass is 10.2. The highest BCUT2D eigenvalue weighted by Crippen LogP contribution is 2.21. The summed E-state index contributed by atoms with van der Waals surface area (Å²) in [5.74, 6) is -0.439. The largest absolute Gasteiger partial charge is 0.456 e. The third-order valence-corrected chi connectivity index (χ3v) is 4.67. The number of thiazole rings is 1. The molecule has 0 aliphatic heterocycles. The first-order valence-corrected chi connectivity index (χ1v) is 9.23. The number of nitrogens with one attached hydrogen (secondary N) is 1. The molecular formula is C20H17ClN2O2S. The number of benzene rings is 2. The summed E-state index contributed by atoms with van der Waals surface area (Å²) in [7, 11) is 0. The topological polar surface area (TPSA) is 51.2 Å². The molecule has 26 heavy (non-hydrogen) atoms. The van der Waals surface area contributed by atoms with Crippen LogP contribution < -0.4 is 5.32 Å². The van der Waals surface area contributed by atoms with Gasteiger partial charge in [-0.3, -0.25) is 0 Å². The minimum absolute atomic E-state index is 0.123. The Hall–Kier alpha value is -2.63. The third kappa shape index (κ3) is 5.18.